The second-order valence-electron chi connectivity index (χ2n) is 6.88. The van der Waals surface area contributed by atoms with E-state index in [1.807, 2.05) is 41.5 Å². The van der Waals surface area contributed by atoms with Gasteiger partial charge in [0.1, 0.15) is 11.5 Å². The van der Waals surface area contributed by atoms with Gasteiger partial charge in [0.15, 0.2) is 5.13 Å². The van der Waals surface area contributed by atoms with Crippen LogP contribution in [0.15, 0.2) is 53.9 Å². The highest BCUT2D eigenvalue weighted by Gasteiger charge is 2.24. The molecular weight excluding hydrogens is 370 g/mol. The summed E-state index contributed by atoms with van der Waals surface area (Å²) in [6.45, 7) is 6.08. The van der Waals surface area contributed by atoms with E-state index in [1.54, 1.807) is 0 Å². The fourth-order valence-electron chi connectivity index (χ4n) is 3.26. The SMILES string of the molecule is Cc1cccc(Nc2nc(C(=O)N3CCN(Cc4ccccc4)CC3)cs2)n1. The number of benzene rings is 1. The first kappa shape index (κ1) is 18.6. The smallest absolute Gasteiger partial charge is 0.273 e. The van der Waals surface area contributed by atoms with E-state index in [1.165, 1.54) is 16.9 Å². The first-order valence-electron chi connectivity index (χ1n) is 9.39. The highest BCUT2D eigenvalue weighted by molar-refractivity contribution is 7.14. The molecule has 7 heteroatoms. The van der Waals surface area contributed by atoms with E-state index in [0.717, 1.165) is 44.2 Å². The number of anilines is 2. The van der Waals surface area contributed by atoms with Crippen LogP contribution >= 0.6 is 11.3 Å². The lowest BCUT2D eigenvalue weighted by molar-refractivity contribution is 0.0623. The van der Waals surface area contributed by atoms with E-state index in [9.17, 15) is 4.79 Å². The topological polar surface area (TPSA) is 61.4 Å². The molecule has 1 aliphatic rings. The molecule has 0 saturated carbocycles. The van der Waals surface area contributed by atoms with Gasteiger partial charge in [0, 0.05) is 43.8 Å². The maximum atomic E-state index is 12.8. The average Bonchev–Trinajstić information content (AvgIpc) is 3.17. The number of aryl methyl sites for hydroxylation is 1. The molecule has 6 nitrogen and oxygen atoms in total. The van der Waals surface area contributed by atoms with Crippen molar-refractivity contribution in [2.45, 2.75) is 13.5 Å². The molecule has 1 fully saturated rings. The Morgan fingerprint density at radius 2 is 1.82 bits per heavy atom. The predicted molar refractivity (Wildman–Crippen MR) is 112 cm³/mol. The summed E-state index contributed by atoms with van der Waals surface area (Å²) in [7, 11) is 0. The normalized spacial score (nSPS) is 14.8. The van der Waals surface area contributed by atoms with Crippen LogP contribution < -0.4 is 5.32 Å². The number of amides is 1. The molecule has 1 amide bonds. The van der Waals surface area contributed by atoms with Crippen LogP contribution in [0, 0.1) is 6.92 Å². The molecule has 4 rings (SSSR count). The molecule has 3 heterocycles. The van der Waals surface area contributed by atoms with Crippen molar-refractivity contribution in [2.24, 2.45) is 0 Å². The van der Waals surface area contributed by atoms with Crippen molar-refractivity contribution in [2.75, 3.05) is 31.5 Å². The van der Waals surface area contributed by atoms with Crippen molar-refractivity contribution in [3.63, 3.8) is 0 Å². The molecule has 144 valence electrons. The van der Waals surface area contributed by atoms with Crippen LogP contribution in [0.1, 0.15) is 21.7 Å². The molecule has 0 bridgehead atoms. The number of piperazine rings is 1. The van der Waals surface area contributed by atoms with Gasteiger partial charge >= 0.3 is 0 Å². The summed E-state index contributed by atoms with van der Waals surface area (Å²) in [6, 6.07) is 16.2. The zero-order chi connectivity index (χ0) is 19.3. The van der Waals surface area contributed by atoms with Gasteiger partial charge in [0.05, 0.1) is 0 Å². The van der Waals surface area contributed by atoms with Crippen molar-refractivity contribution < 1.29 is 4.79 Å². The van der Waals surface area contributed by atoms with Crippen LogP contribution in [0.25, 0.3) is 0 Å². The van der Waals surface area contributed by atoms with Crippen molar-refractivity contribution in [3.05, 3.63) is 70.9 Å². The summed E-state index contributed by atoms with van der Waals surface area (Å²) in [4.78, 5) is 25.9. The second-order valence-corrected chi connectivity index (χ2v) is 7.74. The lowest BCUT2D eigenvalue weighted by Crippen LogP contribution is -2.48. The van der Waals surface area contributed by atoms with Crippen LogP contribution in [0.3, 0.4) is 0 Å². The Balaban J connectivity index is 1.32. The second kappa shape index (κ2) is 8.50. The Morgan fingerprint density at radius 1 is 1.04 bits per heavy atom. The van der Waals surface area contributed by atoms with Crippen LogP contribution in [-0.4, -0.2) is 51.9 Å². The quantitative estimate of drug-likeness (QED) is 0.718. The molecular formula is C21H23N5OS. The van der Waals surface area contributed by atoms with Crippen LogP contribution in [0.4, 0.5) is 10.9 Å². The van der Waals surface area contributed by atoms with E-state index in [4.69, 9.17) is 0 Å². The van der Waals surface area contributed by atoms with Gasteiger partial charge in [-0.15, -0.1) is 11.3 Å². The fourth-order valence-corrected chi connectivity index (χ4v) is 3.96. The Bertz CT molecular complexity index is 935. The Morgan fingerprint density at radius 3 is 2.57 bits per heavy atom. The maximum Gasteiger partial charge on any atom is 0.273 e. The first-order valence-corrected chi connectivity index (χ1v) is 10.3. The van der Waals surface area contributed by atoms with Gasteiger partial charge in [0.2, 0.25) is 0 Å². The number of carbonyl (C=O) groups is 1. The molecule has 28 heavy (non-hydrogen) atoms. The number of nitrogens with one attached hydrogen (secondary N) is 1. The van der Waals surface area contributed by atoms with Crippen molar-refractivity contribution in [1.29, 1.82) is 0 Å². The van der Waals surface area contributed by atoms with Gasteiger partial charge in [-0.05, 0) is 24.6 Å². The summed E-state index contributed by atoms with van der Waals surface area (Å²) >= 11 is 1.42. The summed E-state index contributed by atoms with van der Waals surface area (Å²) in [6.07, 6.45) is 0. The number of thiazole rings is 1. The van der Waals surface area contributed by atoms with Gasteiger partial charge in [0.25, 0.3) is 5.91 Å². The Labute approximate surface area is 168 Å². The van der Waals surface area contributed by atoms with Crippen LogP contribution in [0.2, 0.25) is 0 Å². The minimum Gasteiger partial charge on any atom is -0.335 e. The summed E-state index contributed by atoms with van der Waals surface area (Å²) < 4.78 is 0. The zero-order valence-corrected chi connectivity index (χ0v) is 16.7. The van der Waals surface area contributed by atoms with Gasteiger partial charge in [-0.2, -0.15) is 0 Å². The molecule has 1 N–H and O–H groups in total. The zero-order valence-electron chi connectivity index (χ0n) is 15.8. The highest BCUT2D eigenvalue weighted by atomic mass is 32.1. The van der Waals surface area contributed by atoms with Crippen LogP contribution in [-0.2, 0) is 6.54 Å². The number of pyridine rings is 1. The van der Waals surface area contributed by atoms with Crippen molar-refractivity contribution >= 4 is 28.2 Å². The van der Waals surface area contributed by atoms with Crippen molar-refractivity contribution in [3.8, 4) is 0 Å². The molecule has 0 spiro atoms. The Kier molecular flexibility index (Phi) is 5.64. The lowest BCUT2D eigenvalue weighted by Gasteiger charge is -2.34. The molecule has 0 unspecified atom stereocenters. The third-order valence-electron chi connectivity index (χ3n) is 4.76. The molecule has 1 saturated heterocycles. The summed E-state index contributed by atoms with van der Waals surface area (Å²) in [5.41, 5.74) is 2.74. The van der Waals surface area contributed by atoms with E-state index < -0.39 is 0 Å². The van der Waals surface area contributed by atoms with E-state index in [0.29, 0.717) is 10.8 Å². The number of rotatable bonds is 5. The molecule has 2 aromatic heterocycles. The fraction of sp³-hybridized carbons (Fsp3) is 0.286. The monoisotopic (exact) mass is 393 g/mol. The van der Waals surface area contributed by atoms with Gasteiger partial charge in [-0.1, -0.05) is 36.4 Å². The molecule has 1 aromatic carbocycles. The van der Waals surface area contributed by atoms with Gasteiger partial charge in [-0.3, -0.25) is 9.69 Å². The summed E-state index contributed by atoms with van der Waals surface area (Å²) in [5, 5.41) is 5.68. The summed E-state index contributed by atoms with van der Waals surface area (Å²) in [5.74, 6) is 0.740. The lowest BCUT2D eigenvalue weighted by atomic mass is 10.2. The average molecular weight is 394 g/mol. The van der Waals surface area contributed by atoms with E-state index >= 15 is 0 Å². The van der Waals surface area contributed by atoms with Gasteiger partial charge in [-0.25, -0.2) is 9.97 Å². The number of aromatic nitrogens is 2. The van der Waals surface area contributed by atoms with E-state index in [2.05, 4.69) is 44.5 Å². The molecule has 0 atom stereocenters. The molecule has 3 aromatic rings. The third-order valence-corrected chi connectivity index (χ3v) is 5.51. The minimum atomic E-state index is 0.000799. The number of hydrogen-bond acceptors (Lipinski definition) is 6. The van der Waals surface area contributed by atoms with Crippen molar-refractivity contribution in [1.82, 2.24) is 19.8 Å². The standard InChI is InChI=1S/C21H23N5OS/c1-16-6-5-9-19(22-16)24-21-23-18(15-28-21)20(27)26-12-10-25(11-13-26)14-17-7-3-2-4-8-17/h2-9,15H,10-14H2,1H3,(H,22,23,24). The Hall–Kier alpha value is -2.77. The van der Waals surface area contributed by atoms with Crippen LogP contribution in [0.5, 0.6) is 0 Å². The number of nitrogens with zero attached hydrogens (tertiary/aromatic N) is 4. The third kappa shape index (κ3) is 4.55. The molecule has 1 aliphatic heterocycles. The predicted octanol–water partition coefficient (Wildman–Crippen LogP) is 3.55. The molecule has 0 aliphatic carbocycles. The first-order chi connectivity index (χ1) is 13.7. The number of hydrogen-bond donors (Lipinski definition) is 1. The highest BCUT2D eigenvalue weighted by Crippen LogP contribution is 2.21. The number of carbonyl (C=O) groups excluding carboxylic acids is 1. The molecule has 0 radical (unpaired) electrons. The largest absolute Gasteiger partial charge is 0.335 e. The van der Waals surface area contributed by atoms with E-state index in [-0.39, 0.29) is 5.91 Å². The maximum absolute atomic E-state index is 12.8. The van der Waals surface area contributed by atoms with Gasteiger partial charge < -0.3 is 10.2 Å². The minimum absolute atomic E-state index is 0.000799.